The molecule has 3 rings (SSSR count). The normalized spacial score (nSPS) is 20.5. The van der Waals surface area contributed by atoms with Gasteiger partial charge in [-0.15, -0.1) is 23.7 Å². The Bertz CT molecular complexity index is 778. The maximum atomic E-state index is 12.1. The molecule has 3 atom stereocenters. The van der Waals surface area contributed by atoms with Gasteiger partial charge < -0.3 is 20.1 Å². The lowest BCUT2D eigenvalue weighted by atomic mass is 10.1. The molecule has 1 fully saturated rings. The maximum absolute atomic E-state index is 12.1. The van der Waals surface area contributed by atoms with Crippen LogP contribution in [-0.4, -0.2) is 60.8 Å². The summed E-state index contributed by atoms with van der Waals surface area (Å²) in [5, 5.41) is 2.67. The molecule has 0 bridgehead atoms. The largest absolute Gasteiger partial charge is 0.383 e. The number of Topliss-reactive ketones (excluding diaryl/α,β-unsaturated/α-hetero) is 1. The molecule has 0 radical (unpaired) electrons. The Hall–Kier alpha value is -1.58. The van der Waals surface area contributed by atoms with Crippen molar-refractivity contribution in [1.29, 1.82) is 0 Å². The fraction of sp³-hybridized carbons (Fsp3) is 0.526. The van der Waals surface area contributed by atoms with Gasteiger partial charge in [-0.05, 0) is 26.0 Å². The molecular weight excluding hydrogens is 400 g/mol. The molecule has 1 aliphatic heterocycles. The molecule has 28 heavy (non-hydrogen) atoms. The highest BCUT2D eigenvalue weighted by atomic mass is 35.5. The van der Waals surface area contributed by atoms with E-state index in [2.05, 4.69) is 23.7 Å². The van der Waals surface area contributed by atoms with Crippen molar-refractivity contribution in [2.45, 2.75) is 38.5 Å². The lowest BCUT2D eigenvalue weighted by molar-refractivity contribution is -0.120. The number of thiazole rings is 1. The van der Waals surface area contributed by atoms with E-state index in [1.54, 1.807) is 0 Å². The second-order valence-corrected chi connectivity index (χ2v) is 7.82. The first kappa shape index (κ1) is 22.7. The van der Waals surface area contributed by atoms with Gasteiger partial charge in [0, 0.05) is 25.6 Å². The molecular formula is C19H27ClN4O3S. The molecule has 0 saturated carbocycles. The lowest BCUT2D eigenvalue weighted by Gasteiger charge is -2.36. The van der Waals surface area contributed by atoms with Crippen LogP contribution < -0.4 is 10.6 Å². The minimum absolute atomic E-state index is 0. The van der Waals surface area contributed by atoms with Crippen molar-refractivity contribution in [3.8, 4) is 11.4 Å². The second-order valence-electron chi connectivity index (χ2n) is 6.87. The maximum Gasteiger partial charge on any atom is 0.158 e. The third-order valence-electron chi connectivity index (χ3n) is 4.38. The van der Waals surface area contributed by atoms with Gasteiger partial charge in [0.05, 0.1) is 42.7 Å². The summed E-state index contributed by atoms with van der Waals surface area (Å²) in [5.74, 6) is 0.845. The molecule has 7 nitrogen and oxygen atoms in total. The van der Waals surface area contributed by atoms with Crippen LogP contribution in [-0.2, 0) is 20.7 Å². The number of ketones is 1. The number of aromatic nitrogens is 2. The van der Waals surface area contributed by atoms with E-state index in [1.165, 1.54) is 18.4 Å². The predicted molar refractivity (Wildman–Crippen MR) is 113 cm³/mol. The van der Waals surface area contributed by atoms with E-state index in [4.69, 9.17) is 20.2 Å². The summed E-state index contributed by atoms with van der Waals surface area (Å²) in [6.45, 7) is 6.00. The molecule has 0 spiro atoms. The van der Waals surface area contributed by atoms with Crippen LogP contribution in [0.2, 0.25) is 0 Å². The first-order valence-electron chi connectivity index (χ1n) is 9.05. The zero-order chi connectivity index (χ0) is 19.4. The van der Waals surface area contributed by atoms with E-state index in [1.807, 2.05) is 23.6 Å². The zero-order valence-corrected chi connectivity index (χ0v) is 18.0. The van der Waals surface area contributed by atoms with Gasteiger partial charge in [0.2, 0.25) is 0 Å². The highest BCUT2D eigenvalue weighted by Gasteiger charge is 2.23. The third kappa shape index (κ3) is 5.71. The van der Waals surface area contributed by atoms with Gasteiger partial charge in [-0.3, -0.25) is 4.79 Å². The number of nitrogens with two attached hydrogens (primary N) is 1. The number of carbonyl (C=O) groups is 1. The summed E-state index contributed by atoms with van der Waals surface area (Å²) < 4.78 is 10.7. The van der Waals surface area contributed by atoms with Crippen LogP contribution in [0.1, 0.15) is 18.9 Å². The Morgan fingerprint density at radius 3 is 2.71 bits per heavy atom. The summed E-state index contributed by atoms with van der Waals surface area (Å²) in [5.41, 5.74) is 7.37. The molecule has 2 N–H and O–H groups in total. The predicted octanol–water partition coefficient (Wildman–Crippen LogP) is 2.33. The monoisotopic (exact) mass is 426 g/mol. The van der Waals surface area contributed by atoms with Gasteiger partial charge >= 0.3 is 0 Å². The second kappa shape index (κ2) is 10.3. The SMILES string of the molecule is COCC(N)C(=O)Cc1nc(-c2cccc(N3CC(C)OC(C)C3)n2)cs1.Cl. The fourth-order valence-corrected chi connectivity index (χ4v) is 3.97. The van der Waals surface area contributed by atoms with Crippen LogP contribution in [0.3, 0.4) is 0 Å². The molecule has 0 aliphatic carbocycles. The Labute approximate surface area is 175 Å². The zero-order valence-electron chi connectivity index (χ0n) is 16.3. The van der Waals surface area contributed by atoms with Gasteiger partial charge in [-0.1, -0.05) is 6.07 Å². The lowest BCUT2D eigenvalue weighted by Crippen LogP contribution is -2.45. The Morgan fingerprint density at radius 1 is 1.32 bits per heavy atom. The molecule has 0 aromatic carbocycles. The number of carbonyl (C=O) groups excluding carboxylic acids is 1. The van der Waals surface area contributed by atoms with Crippen LogP contribution >= 0.6 is 23.7 Å². The molecule has 3 unspecified atom stereocenters. The van der Waals surface area contributed by atoms with Gasteiger partial charge in [-0.2, -0.15) is 0 Å². The van der Waals surface area contributed by atoms with E-state index in [-0.39, 0.29) is 43.4 Å². The van der Waals surface area contributed by atoms with E-state index in [9.17, 15) is 4.79 Å². The highest BCUT2D eigenvalue weighted by molar-refractivity contribution is 7.10. The number of hydrogen-bond acceptors (Lipinski definition) is 8. The molecule has 1 aliphatic rings. The number of nitrogens with zero attached hydrogens (tertiary/aromatic N) is 3. The molecule has 9 heteroatoms. The summed E-state index contributed by atoms with van der Waals surface area (Å²) in [6.07, 6.45) is 0.563. The van der Waals surface area contributed by atoms with Crippen LogP contribution in [0.15, 0.2) is 23.6 Å². The number of rotatable bonds is 7. The Balaban J connectivity index is 0.00000280. The number of anilines is 1. The van der Waals surface area contributed by atoms with Crippen molar-refractivity contribution < 1.29 is 14.3 Å². The quantitative estimate of drug-likeness (QED) is 0.726. The van der Waals surface area contributed by atoms with Crippen LogP contribution in [0.4, 0.5) is 5.82 Å². The van der Waals surface area contributed by atoms with E-state index in [0.717, 1.165) is 35.3 Å². The Morgan fingerprint density at radius 2 is 2.04 bits per heavy atom. The van der Waals surface area contributed by atoms with Crippen molar-refractivity contribution in [2.24, 2.45) is 5.73 Å². The van der Waals surface area contributed by atoms with Crippen molar-refractivity contribution >= 4 is 35.3 Å². The number of halogens is 1. The molecule has 2 aromatic rings. The summed E-state index contributed by atoms with van der Waals surface area (Å²) in [6, 6.07) is 5.32. The number of hydrogen-bond donors (Lipinski definition) is 1. The van der Waals surface area contributed by atoms with Gasteiger partial charge in [0.25, 0.3) is 0 Å². The third-order valence-corrected chi connectivity index (χ3v) is 5.23. The summed E-state index contributed by atoms with van der Waals surface area (Å²) in [4.78, 5) is 23.7. The van der Waals surface area contributed by atoms with Gasteiger partial charge in [-0.25, -0.2) is 9.97 Å². The Kier molecular flexibility index (Phi) is 8.33. The van der Waals surface area contributed by atoms with Crippen LogP contribution in [0, 0.1) is 0 Å². The highest BCUT2D eigenvalue weighted by Crippen LogP contribution is 2.25. The number of methoxy groups -OCH3 is 1. The minimum Gasteiger partial charge on any atom is -0.383 e. The topological polar surface area (TPSA) is 90.6 Å². The summed E-state index contributed by atoms with van der Waals surface area (Å²) >= 11 is 1.45. The van der Waals surface area contributed by atoms with E-state index in [0.29, 0.717) is 0 Å². The standard InChI is InChI=1S/C19H26N4O3S.ClH/c1-12-8-23(9-13(2)26-12)18-6-4-5-15(21-18)16-11-27-19(22-16)7-17(24)14(20)10-25-3;/h4-6,11-14H,7-10,20H2,1-3H3;1H. The smallest absolute Gasteiger partial charge is 0.158 e. The molecule has 0 amide bonds. The van der Waals surface area contributed by atoms with Gasteiger partial charge in [0.1, 0.15) is 10.8 Å². The minimum atomic E-state index is -0.617. The van der Waals surface area contributed by atoms with Gasteiger partial charge in [0.15, 0.2) is 5.78 Å². The van der Waals surface area contributed by atoms with Crippen LogP contribution in [0.5, 0.6) is 0 Å². The molecule has 1 saturated heterocycles. The van der Waals surface area contributed by atoms with Crippen LogP contribution in [0.25, 0.3) is 11.4 Å². The van der Waals surface area contributed by atoms with Crippen molar-refractivity contribution in [3.63, 3.8) is 0 Å². The number of ether oxygens (including phenoxy) is 2. The first-order chi connectivity index (χ1) is 13.0. The van der Waals surface area contributed by atoms with Crippen molar-refractivity contribution in [1.82, 2.24) is 9.97 Å². The average Bonchev–Trinajstić information content (AvgIpc) is 3.10. The number of morpholine rings is 1. The van der Waals surface area contributed by atoms with Crippen molar-refractivity contribution in [2.75, 3.05) is 31.7 Å². The molecule has 3 heterocycles. The number of pyridine rings is 1. The van der Waals surface area contributed by atoms with E-state index >= 15 is 0 Å². The van der Waals surface area contributed by atoms with Crippen molar-refractivity contribution in [3.05, 3.63) is 28.6 Å². The molecule has 154 valence electrons. The first-order valence-corrected chi connectivity index (χ1v) is 9.93. The summed E-state index contributed by atoms with van der Waals surface area (Å²) in [7, 11) is 1.53. The average molecular weight is 427 g/mol. The fourth-order valence-electron chi connectivity index (χ4n) is 3.17. The van der Waals surface area contributed by atoms with E-state index < -0.39 is 6.04 Å². The molecule has 2 aromatic heterocycles.